The molecule has 0 amide bonds. The molecule has 4 aromatic rings. The van der Waals surface area contributed by atoms with Crippen LogP contribution in [0.3, 0.4) is 0 Å². The number of hydrogen-bond acceptors (Lipinski definition) is 4. The van der Waals surface area contributed by atoms with Gasteiger partial charge in [-0.25, -0.2) is 0 Å². The van der Waals surface area contributed by atoms with E-state index in [9.17, 15) is 10.1 Å². The number of rotatable bonds is 6. The molecule has 152 valence electrons. The average Bonchev–Trinajstić information content (AvgIpc) is 2.81. The van der Waals surface area contributed by atoms with Crippen LogP contribution in [0.4, 0.5) is 28.4 Å². The summed E-state index contributed by atoms with van der Waals surface area (Å²) in [6.45, 7) is 1.72. The lowest BCUT2D eigenvalue weighted by Gasteiger charge is -2.25. The molecule has 5 heteroatoms. The highest BCUT2D eigenvalue weighted by atomic mass is 16.6. The lowest BCUT2D eigenvalue weighted by Crippen LogP contribution is -2.09. The molecule has 0 saturated heterocycles. The summed E-state index contributed by atoms with van der Waals surface area (Å²) in [5, 5.41) is 11.1. The molecule has 4 aromatic carbocycles. The lowest BCUT2D eigenvalue weighted by molar-refractivity contribution is -0.385. The minimum Gasteiger partial charge on any atom is -0.311 e. The van der Waals surface area contributed by atoms with Gasteiger partial charge in [0.25, 0.3) is 5.69 Å². The normalized spacial score (nSPS) is 10.9. The molecule has 4 rings (SSSR count). The summed E-state index contributed by atoms with van der Waals surface area (Å²) >= 11 is 0. The summed E-state index contributed by atoms with van der Waals surface area (Å²) in [7, 11) is 0. The number of nitro benzene ring substituents is 1. The van der Waals surface area contributed by atoms with E-state index in [1.807, 2.05) is 60.7 Å². The molecule has 0 atom stereocenters. The Bertz CT molecular complexity index is 1170. The number of nitro groups is 1. The molecule has 0 unspecified atom stereocenters. The van der Waals surface area contributed by atoms with Crippen molar-refractivity contribution in [1.82, 2.24) is 0 Å². The second kappa shape index (κ2) is 9.05. The summed E-state index contributed by atoms with van der Waals surface area (Å²) in [5.74, 6) is 0. The SMILES string of the molecule is Cc1ccc(N=Cc2ccc(N(c3ccccc3)c3ccccc3)cc2)cc1[N+](=O)[O-]. The zero-order chi connectivity index (χ0) is 21.6. The Balaban J connectivity index is 1.61. The van der Waals surface area contributed by atoms with E-state index >= 15 is 0 Å². The predicted molar refractivity (Wildman–Crippen MR) is 126 cm³/mol. The van der Waals surface area contributed by atoms with Crippen LogP contribution in [0, 0.1) is 17.0 Å². The Morgan fingerprint density at radius 3 is 1.87 bits per heavy atom. The Hall–Kier alpha value is -4.25. The fraction of sp³-hybridized carbons (Fsp3) is 0.0385. The van der Waals surface area contributed by atoms with Crippen LogP contribution in [0.15, 0.2) is 108 Å². The number of nitrogens with zero attached hydrogens (tertiary/aromatic N) is 3. The quantitative estimate of drug-likeness (QED) is 0.194. The molecule has 0 fully saturated rings. The highest BCUT2D eigenvalue weighted by molar-refractivity contribution is 5.84. The molecule has 0 aliphatic rings. The molecule has 0 saturated carbocycles. The summed E-state index contributed by atoms with van der Waals surface area (Å²) in [4.78, 5) is 17.3. The molecule has 0 heterocycles. The van der Waals surface area contributed by atoms with Gasteiger partial charge < -0.3 is 4.90 Å². The third kappa shape index (κ3) is 4.67. The number of anilines is 3. The second-order valence-corrected chi connectivity index (χ2v) is 7.08. The summed E-state index contributed by atoms with van der Waals surface area (Å²) in [6.07, 6.45) is 1.72. The number of benzene rings is 4. The molecular formula is C26H21N3O2. The van der Waals surface area contributed by atoms with Crippen LogP contribution < -0.4 is 4.90 Å². The van der Waals surface area contributed by atoms with Gasteiger partial charge in [0.1, 0.15) is 0 Å². The van der Waals surface area contributed by atoms with Crippen LogP contribution in [-0.2, 0) is 0 Å². The van der Waals surface area contributed by atoms with Crippen LogP contribution in [0.1, 0.15) is 11.1 Å². The first-order valence-corrected chi connectivity index (χ1v) is 9.91. The van der Waals surface area contributed by atoms with Crippen molar-refractivity contribution in [2.24, 2.45) is 4.99 Å². The first kappa shape index (κ1) is 20.0. The van der Waals surface area contributed by atoms with Crippen molar-refractivity contribution in [3.8, 4) is 0 Å². The molecule has 5 nitrogen and oxygen atoms in total. The van der Waals surface area contributed by atoms with Crippen molar-refractivity contribution in [3.63, 3.8) is 0 Å². The molecule has 31 heavy (non-hydrogen) atoms. The maximum Gasteiger partial charge on any atom is 0.274 e. The van der Waals surface area contributed by atoms with E-state index in [4.69, 9.17) is 0 Å². The van der Waals surface area contributed by atoms with E-state index in [-0.39, 0.29) is 10.6 Å². The van der Waals surface area contributed by atoms with Gasteiger partial charge in [-0.05, 0) is 55.0 Å². The fourth-order valence-corrected chi connectivity index (χ4v) is 3.33. The van der Waals surface area contributed by atoms with E-state index in [1.165, 1.54) is 6.07 Å². The van der Waals surface area contributed by atoms with Gasteiger partial charge in [-0.2, -0.15) is 0 Å². The lowest BCUT2D eigenvalue weighted by atomic mass is 10.1. The van der Waals surface area contributed by atoms with Gasteiger partial charge in [-0.15, -0.1) is 0 Å². The van der Waals surface area contributed by atoms with Crippen LogP contribution in [0.2, 0.25) is 0 Å². The van der Waals surface area contributed by atoms with Gasteiger partial charge >= 0.3 is 0 Å². The van der Waals surface area contributed by atoms with Crippen molar-refractivity contribution >= 4 is 34.7 Å². The average molecular weight is 407 g/mol. The van der Waals surface area contributed by atoms with E-state index in [1.54, 1.807) is 25.3 Å². The summed E-state index contributed by atoms with van der Waals surface area (Å²) < 4.78 is 0. The highest BCUT2D eigenvalue weighted by Crippen LogP contribution is 2.34. The van der Waals surface area contributed by atoms with Crippen LogP contribution in [-0.4, -0.2) is 11.1 Å². The first-order chi connectivity index (χ1) is 15.1. The molecule has 0 aliphatic carbocycles. The third-order valence-electron chi connectivity index (χ3n) is 4.93. The van der Waals surface area contributed by atoms with Gasteiger partial charge in [0.2, 0.25) is 0 Å². The van der Waals surface area contributed by atoms with Gasteiger partial charge in [-0.1, -0.05) is 54.6 Å². The van der Waals surface area contributed by atoms with Gasteiger partial charge in [0.15, 0.2) is 0 Å². The third-order valence-corrected chi connectivity index (χ3v) is 4.93. The topological polar surface area (TPSA) is 58.7 Å². The summed E-state index contributed by atoms with van der Waals surface area (Å²) in [6, 6.07) is 33.4. The van der Waals surface area contributed by atoms with Crippen LogP contribution >= 0.6 is 0 Å². The minimum atomic E-state index is -0.384. The van der Waals surface area contributed by atoms with Crippen molar-refractivity contribution in [2.75, 3.05) is 4.90 Å². The van der Waals surface area contributed by atoms with Crippen molar-refractivity contribution in [2.45, 2.75) is 6.92 Å². The highest BCUT2D eigenvalue weighted by Gasteiger charge is 2.12. The maximum absolute atomic E-state index is 11.1. The molecular weight excluding hydrogens is 386 g/mol. The summed E-state index contributed by atoms with van der Waals surface area (Å²) in [5.41, 5.74) is 5.33. The standard InChI is InChI=1S/C26H21N3O2/c1-20-12-15-22(18-26(20)29(30)31)27-19-21-13-16-25(17-14-21)28(23-8-4-2-5-9-23)24-10-6-3-7-11-24/h2-19H,1H3. The predicted octanol–water partition coefficient (Wildman–Crippen LogP) is 7.12. The molecule has 0 aliphatic heterocycles. The smallest absolute Gasteiger partial charge is 0.274 e. The fourth-order valence-electron chi connectivity index (χ4n) is 3.33. The van der Waals surface area contributed by atoms with Crippen LogP contribution in [0.25, 0.3) is 0 Å². The molecule has 0 spiro atoms. The van der Waals surface area contributed by atoms with Crippen LogP contribution in [0.5, 0.6) is 0 Å². The zero-order valence-electron chi connectivity index (χ0n) is 17.1. The number of para-hydroxylation sites is 2. The Labute approximate surface area is 181 Å². The first-order valence-electron chi connectivity index (χ1n) is 9.91. The molecule has 0 aromatic heterocycles. The van der Waals surface area contributed by atoms with E-state index in [0.717, 1.165) is 22.6 Å². The molecule has 0 N–H and O–H groups in total. The number of aryl methyl sites for hydroxylation is 1. The maximum atomic E-state index is 11.1. The number of aliphatic imine (C=N–C) groups is 1. The minimum absolute atomic E-state index is 0.0753. The van der Waals surface area contributed by atoms with Crippen molar-refractivity contribution in [3.05, 3.63) is 124 Å². The van der Waals surface area contributed by atoms with E-state index in [2.05, 4.69) is 34.2 Å². The Kier molecular flexibility index (Phi) is 5.85. The van der Waals surface area contributed by atoms with Gasteiger partial charge in [0, 0.05) is 34.9 Å². The van der Waals surface area contributed by atoms with E-state index < -0.39 is 0 Å². The zero-order valence-corrected chi connectivity index (χ0v) is 17.1. The Morgan fingerprint density at radius 2 is 1.32 bits per heavy atom. The van der Waals surface area contributed by atoms with E-state index in [0.29, 0.717) is 11.3 Å². The monoisotopic (exact) mass is 407 g/mol. The molecule has 0 radical (unpaired) electrons. The largest absolute Gasteiger partial charge is 0.311 e. The second-order valence-electron chi connectivity index (χ2n) is 7.08. The van der Waals surface area contributed by atoms with Gasteiger partial charge in [-0.3, -0.25) is 15.1 Å². The van der Waals surface area contributed by atoms with Gasteiger partial charge in [0.05, 0.1) is 10.6 Å². The Morgan fingerprint density at radius 1 is 0.774 bits per heavy atom. The number of hydrogen-bond donors (Lipinski definition) is 0. The van der Waals surface area contributed by atoms with Crippen molar-refractivity contribution in [1.29, 1.82) is 0 Å². The molecule has 0 bridgehead atoms. The van der Waals surface area contributed by atoms with Crippen molar-refractivity contribution < 1.29 is 4.92 Å².